The number of aryl methyl sites for hydroxylation is 4. The molecule has 6 nitrogen and oxygen atoms in total. The Morgan fingerprint density at radius 3 is 2.67 bits per heavy atom. The van der Waals surface area contributed by atoms with E-state index < -0.39 is 0 Å². The van der Waals surface area contributed by atoms with Crippen molar-refractivity contribution in [1.82, 2.24) is 25.4 Å². The summed E-state index contributed by atoms with van der Waals surface area (Å²) in [7, 11) is 0. The van der Waals surface area contributed by atoms with E-state index in [9.17, 15) is 0 Å². The van der Waals surface area contributed by atoms with E-state index in [1.54, 1.807) is 11.3 Å². The van der Waals surface area contributed by atoms with Crippen molar-refractivity contribution in [3.05, 3.63) is 33.5 Å². The van der Waals surface area contributed by atoms with E-state index in [1.165, 1.54) is 10.6 Å². The fraction of sp³-hybridized carbons (Fsp3) is 0.562. The van der Waals surface area contributed by atoms with Crippen LogP contribution in [-0.2, 0) is 13.1 Å². The van der Waals surface area contributed by atoms with Crippen molar-refractivity contribution in [3.8, 4) is 0 Å². The van der Waals surface area contributed by atoms with Crippen LogP contribution in [0.25, 0.3) is 0 Å². The molecule has 0 aliphatic rings. The van der Waals surface area contributed by atoms with Crippen molar-refractivity contribution in [2.75, 3.05) is 13.1 Å². The number of hydrogen-bond acceptors (Lipinski definition) is 4. The van der Waals surface area contributed by atoms with Gasteiger partial charge in [0.2, 0.25) is 0 Å². The number of thiazole rings is 1. The Hall–Kier alpha value is -1.16. The summed E-state index contributed by atoms with van der Waals surface area (Å²) >= 11 is 1.69. The Morgan fingerprint density at radius 1 is 1.29 bits per heavy atom. The van der Waals surface area contributed by atoms with Gasteiger partial charge in [-0.15, -0.1) is 35.3 Å². The minimum atomic E-state index is 0. The highest BCUT2D eigenvalue weighted by Gasteiger charge is 2.02. The quantitative estimate of drug-likeness (QED) is 0.287. The molecule has 2 rings (SSSR count). The first-order valence-electron chi connectivity index (χ1n) is 8.03. The second-order valence-corrected chi connectivity index (χ2v) is 6.79. The summed E-state index contributed by atoms with van der Waals surface area (Å²) in [6.45, 7) is 11.5. The molecule has 2 heterocycles. The van der Waals surface area contributed by atoms with Crippen molar-refractivity contribution in [2.24, 2.45) is 4.99 Å². The van der Waals surface area contributed by atoms with E-state index in [0.717, 1.165) is 42.7 Å². The fourth-order valence-corrected chi connectivity index (χ4v) is 3.03. The maximum atomic E-state index is 4.61. The van der Waals surface area contributed by atoms with Crippen LogP contribution in [0.4, 0.5) is 0 Å². The first-order valence-corrected chi connectivity index (χ1v) is 8.84. The van der Waals surface area contributed by atoms with E-state index >= 15 is 0 Å². The van der Waals surface area contributed by atoms with Gasteiger partial charge in [0.1, 0.15) is 0 Å². The van der Waals surface area contributed by atoms with Crippen LogP contribution in [-0.4, -0.2) is 33.8 Å². The molecule has 2 aromatic rings. The maximum Gasteiger partial charge on any atom is 0.191 e. The number of nitrogens with one attached hydrogen (secondary N) is 2. The molecular weight excluding hydrogens is 435 g/mol. The number of rotatable bonds is 7. The van der Waals surface area contributed by atoms with Crippen LogP contribution in [0.3, 0.4) is 0 Å². The van der Waals surface area contributed by atoms with E-state index in [-0.39, 0.29) is 24.0 Å². The average Bonchev–Trinajstić information content (AvgIpc) is 3.06. The molecule has 0 aromatic carbocycles. The van der Waals surface area contributed by atoms with Crippen LogP contribution < -0.4 is 10.6 Å². The lowest BCUT2D eigenvalue weighted by Gasteiger charge is -2.11. The van der Waals surface area contributed by atoms with Crippen molar-refractivity contribution >= 4 is 41.3 Å². The molecule has 134 valence electrons. The summed E-state index contributed by atoms with van der Waals surface area (Å²) < 4.78 is 2.06. The van der Waals surface area contributed by atoms with Crippen LogP contribution in [0.15, 0.2) is 17.3 Å². The molecule has 2 N–H and O–H groups in total. The number of aliphatic imine (C=N–C) groups is 1. The molecule has 0 aliphatic heterocycles. The third-order valence-corrected chi connectivity index (χ3v) is 4.25. The van der Waals surface area contributed by atoms with Crippen molar-refractivity contribution < 1.29 is 0 Å². The molecule has 0 bridgehead atoms. The number of guanidine groups is 1. The highest BCUT2D eigenvalue weighted by Crippen LogP contribution is 2.12. The number of halogens is 1. The Morgan fingerprint density at radius 2 is 2.08 bits per heavy atom. The summed E-state index contributed by atoms with van der Waals surface area (Å²) in [6, 6.07) is 2.11. The van der Waals surface area contributed by atoms with Crippen LogP contribution in [0.5, 0.6) is 0 Å². The Bertz CT molecular complexity index is 649. The number of aromatic nitrogens is 3. The molecule has 0 saturated heterocycles. The monoisotopic (exact) mass is 462 g/mol. The van der Waals surface area contributed by atoms with Gasteiger partial charge in [0.25, 0.3) is 0 Å². The normalized spacial score (nSPS) is 11.2. The molecule has 0 spiro atoms. The standard InChI is InChI=1S/C16H26N6S.HI/c1-5-17-16(20-11-15-10-19-14(4)23-15)18-7-6-8-22-13(3)9-12(2)21-22;/h9-10H,5-8,11H2,1-4H3,(H2,17,18,20);1H. The molecule has 0 aliphatic carbocycles. The first kappa shape index (κ1) is 20.9. The van der Waals surface area contributed by atoms with Crippen LogP contribution in [0.2, 0.25) is 0 Å². The van der Waals surface area contributed by atoms with Gasteiger partial charge in [0, 0.05) is 36.4 Å². The van der Waals surface area contributed by atoms with Gasteiger partial charge in [-0.1, -0.05) is 0 Å². The fourth-order valence-electron chi connectivity index (χ4n) is 2.31. The average molecular weight is 462 g/mol. The molecule has 2 aromatic heterocycles. The van der Waals surface area contributed by atoms with Gasteiger partial charge in [-0.3, -0.25) is 4.68 Å². The van der Waals surface area contributed by atoms with E-state index in [4.69, 9.17) is 0 Å². The van der Waals surface area contributed by atoms with Crippen molar-refractivity contribution in [3.63, 3.8) is 0 Å². The zero-order chi connectivity index (χ0) is 16.7. The number of hydrogen-bond donors (Lipinski definition) is 2. The SMILES string of the molecule is CCNC(=NCc1cnc(C)s1)NCCCn1nc(C)cc1C.I. The Labute approximate surface area is 165 Å². The van der Waals surface area contributed by atoms with Gasteiger partial charge in [0.05, 0.1) is 17.2 Å². The van der Waals surface area contributed by atoms with Crippen molar-refractivity contribution in [1.29, 1.82) is 0 Å². The lowest BCUT2D eigenvalue weighted by molar-refractivity contribution is 0.555. The third-order valence-electron chi connectivity index (χ3n) is 3.35. The van der Waals surface area contributed by atoms with E-state index in [0.29, 0.717) is 6.54 Å². The Kier molecular flexibility index (Phi) is 9.27. The van der Waals surface area contributed by atoms with Crippen LogP contribution in [0, 0.1) is 20.8 Å². The molecule has 0 fully saturated rings. The van der Waals surface area contributed by atoms with Crippen LogP contribution >= 0.6 is 35.3 Å². The maximum absolute atomic E-state index is 4.61. The zero-order valence-electron chi connectivity index (χ0n) is 14.8. The molecule has 0 saturated carbocycles. The third kappa shape index (κ3) is 6.76. The topological polar surface area (TPSA) is 67.1 Å². The predicted molar refractivity (Wildman–Crippen MR) is 111 cm³/mol. The minimum absolute atomic E-state index is 0. The van der Waals surface area contributed by atoms with Gasteiger partial charge in [-0.2, -0.15) is 5.10 Å². The molecule has 8 heteroatoms. The van der Waals surface area contributed by atoms with Crippen LogP contribution in [0.1, 0.15) is 34.6 Å². The van der Waals surface area contributed by atoms with E-state index in [1.807, 2.05) is 20.0 Å². The number of nitrogens with zero attached hydrogens (tertiary/aromatic N) is 4. The zero-order valence-corrected chi connectivity index (χ0v) is 17.9. The summed E-state index contributed by atoms with van der Waals surface area (Å²) in [6.07, 6.45) is 2.90. The highest BCUT2D eigenvalue weighted by molar-refractivity contribution is 14.0. The summed E-state index contributed by atoms with van der Waals surface area (Å²) in [5.74, 6) is 0.854. The molecule has 0 radical (unpaired) electrons. The summed E-state index contributed by atoms with van der Waals surface area (Å²) in [5, 5.41) is 12.2. The largest absolute Gasteiger partial charge is 0.357 e. The summed E-state index contributed by atoms with van der Waals surface area (Å²) in [4.78, 5) is 10.0. The molecule has 24 heavy (non-hydrogen) atoms. The predicted octanol–water partition coefficient (Wildman–Crippen LogP) is 3.03. The lowest BCUT2D eigenvalue weighted by atomic mass is 10.4. The van der Waals surface area contributed by atoms with Gasteiger partial charge < -0.3 is 10.6 Å². The van der Waals surface area contributed by atoms with Gasteiger partial charge in [0.15, 0.2) is 5.96 Å². The smallest absolute Gasteiger partial charge is 0.191 e. The minimum Gasteiger partial charge on any atom is -0.357 e. The van der Waals surface area contributed by atoms with Gasteiger partial charge in [-0.05, 0) is 40.2 Å². The van der Waals surface area contributed by atoms with E-state index in [2.05, 4.69) is 50.3 Å². The molecule has 0 atom stereocenters. The first-order chi connectivity index (χ1) is 11.1. The second-order valence-electron chi connectivity index (χ2n) is 5.47. The molecular formula is C16H27IN6S. The van der Waals surface area contributed by atoms with Crippen molar-refractivity contribution in [2.45, 2.75) is 47.2 Å². The lowest BCUT2D eigenvalue weighted by Crippen LogP contribution is -2.38. The Balaban J connectivity index is 0.00000288. The van der Waals surface area contributed by atoms with Gasteiger partial charge in [-0.25, -0.2) is 9.98 Å². The summed E-state index contributed by atoms with van der Waals surface area (Å²) in [5.41, 5.74) is 2.29. The highest BCUT2D eigenvalue weighted by atomic mass is 127. The second kappa shape index (κ2) is 10.7. The van der Waals surface area contributed by atoms with Gasteiger partial charge >= 0.3 is 0 Å². The molecule has 0 unspecified atom stereocenters. The molecule has 0 amide bonds.